The van der Waals surface area contributed by atoms with Crippen LogP contribution in [0.2, 0.25) is 0 Å². The van der Waals surface area contributed by atoms with Crippen LogP contribution in [0.5, 0.6) is 0 Å². The molecular formula is C9H14O6. The minimum Gasteiger partial charge on any atom is -0.502 e. The van der Waals surface area contributed by atoms with Gasteiger partial charge in [-0.1, -0.05) is 0 Å². The summed E-state index contributed by atoms with van der Waals surface area (Å²) < 4.78 is 9.79. The zero-order chi connectivity index (χ0) is 11.4. The van der Waals surface area contributed by atoms with Gasteiger partial charge in [0.25, 0.3) is 0 Å². The zero-order valence-electron chi connectivity index (χ0n) is 8.34. The molecule has 6 heteroatoms. The van der Waals surface area contributed by atoms with E-state index < -0.39 is 30.2 Å². The lowest BCUT2D eigenvalue weighted by Gasteiger charge is -2.21. The summed E-state index contributed by atoms with van der Waals surface area (Å²) in [6.45, 7) is -0.740. The van der Waals surface area contributed by atoms with Crippen LogP contribution in [0.4, 0.5) is 0 Å². The molecule has 15 heavy (non-hydrogen) atoms. The first kappa shape index (κ1) is 12.0. The first-order valence-electron chi connectivity index (χ1n) is 4.48. The lowest BCUT2D eigenvalue weighted by atomic mass is 10.0. The molecule has 0 aromatic rings. The highest BCUT2D eigenvalue weighted by Crippen LogP contribution is 2.22. The van der Waals surface area contributed by atoms with Gasteiger partial charge in [0.1, 0.15) is 12.4 Å². The third kappa shape index (κ3) is 2.47. The van der Waals surface area contributed by atoms with Gasteiger partial charge in [0.2, 0.25) is 5.78 Å². The number of aliphatic hydroxyl groups is 3. The van der Waals surface area contributed by atoms with Gasteiger partial charge in [0, 0.05) is 0 Å². The number of methoxy groups -OCH3 is 1. The Morgan fingerprint density at radius 2 is 2.33 bits per heavy atom. The molecule has 1 rings (SSSR count). The van der Waals surface area contributed by atoms with E-state index in [4.69, 9.17) is 14.6 Å². The number of hydrogen-bond acceptors (Lipinski definition) is 6. The highest BCUT2D eigenvalue weighted by Gasteiger charge is 2.32. The van der Waals surface area contributed by atoms with E-state index in [9.17, 15) is 15.0 Å². The second kappa shape index (κ2) is 5.11. The van der Waals surface area contributed by atoms with E-state index in [0.717, 1.165) is 0 Å². The number of hydrogen-bond donors (Lipinski definition) is 3. The molecule has 0 aromatic heterocycles. The standard InChI is InChI=1S/C9H14O6/c1-14-9-5(6(11)2-10)3-15-4-7(12)8(9)13/h5-6,10-11,13H,2-4H2,1H3. The van der Waals surface area contributed by atoms with E-state index in [1.54, 1.807) is 0 Å². The Labute approximate surface area is 86.7 Å². The highest BCUT2D eigenvalue weighted by molar-refractivity contribution is 5.94. The van der Waals surface area contributed by atoms with Crippen LogP contribution in [0, 0.1) is 5.92 Å². The first-order valence-corrected chi connectivity index (χ1v) is 4.48. The van der Waals surface area contributed by atoms with Crippen molar-refractivity contribution >= 4 is 5.78 Å². The lowest BCUT2D eigenvalue weighted by Crippen LogP contribution is -2.30. The van der Waals surface area contributed by atoms with Gasteiger partial charge < -0.3 is 24.8 Å². The van der Waals surface area contributed by atoms with Gasteiger partial charge in [-0.05, 0) is 0 Å². The van der Waals surface area contributed by atoms with Crippen LogP contribution in [0.15, 0.2) is 11.5 Å². The monoisotopic (exact) mass is 218 g/mol. The Hall–Kier alpha value is -1.11. The summed E-state index contributed by atoms with van der Waals surface area (Å²) in [7, 11) is 1.28. The van der Waals surface area contributed by atoms with E-state index in [0.29, 0.717) is 0 Å². The van der Waals surface area contributed by atoms with Crippen molar-refractivity contribution in [1.29, 1.82) is 0 Å². The SMILES string of the molecule is COC1=C(O)C(=O)COCC1C(O)CO. The number of ether oxygens (including phenoxy) is 2. The summed E-state index contributed by atoms with van der Waals surface area (Å²) in [4.78, 5) is 11.2. The van der Waals surface area contributed by atoms with Gasteiger partial charge in [0.05, 0.1) is 32.3 Å². The minimum absolute atomic E-state index is 0.0146. The molecule has 0 spiro atoms. The molecule has 0 fully saturated rings. The number of Topliss-reactive ketones (excluding diaryl/α,β-unsaturated/α-hetero) is 1. The molecule has 1 aliphatic rings. The Balaban J connectivity index is 2.99. The molecule has 0 amide bonds. The second-order valence-electron chi connectivity index (χ2n) is 3.21. The van der Waals surface area contributed by atoms with Gasteiger partial charge in [-0.25, -0.2) is 0 Å². The molecule has 0 aromatic carbocycles. The molecule has 0 radical (unpaired) electrons. The summed E-state index contributed by atoms with van der Waals surface area (Å²) >= 11 is 0. The van der Waals surface area contributed by atoms with Crippen molar-refractivity contribution < 1.29 is 29.6 Å². The van der Waals surface area contributed by atoms with Gasteiger partial charge in [0.15, 0.2) is 5.76 Å². The van der Waals surface area contributed by atoms with Gasteiger partial charge in [-0.2, -0.15) is 0 Å². The van der Waals surface area contributed by atoms with Crippen LogP contribution in [-0.2, 0) is 14.3 Å². The number of carbonyl (C=O) groups excluding carboxylic acids is 1. The molecule has 6 nitrogen and oxygen atoms in total. The van der Waals surface area contributed by atoms with Crippen molar-refractivity contribution in [2.24, 2.45) is 5.92 Å². The number of rotatable bonds is 3. The minimum atomic E-state index is -1.13. The van der Waals surface area contributed by atoms with Gasteiger partial charge in [-0.3, -0.25) is 4.79 Å². The summed E-state index contributed by atoms with van der Waals surface area (Å²) in [5.74, 6) is -1.92. The number of aliphatic hydroxyl groups excluding tert-OH is 3. The van der Waals surface area contributed by atoms with Crippen molar-refractivity contribution in [3.8, 4) is 0 Å². The first-order chi connectivity index (χ1) is 7.11. The predicted octanol–water partition coefficient (Wildman–Crippen LogP) is -1.03. The molecule has 0 aliphatic carbocycles. The second-order valence-corrected chi connectivity index (χ2v) is 3.21. The lowest BCUT2D eigenvalue weighted by molar-refractivity contribution is -0.122. The molecule has 3 N–H and O–H groups in total. The smallest absolute Gasteiger partial charge is 0.226 e. The fourth-order valence-corrected chi connectivity index (χ4v) is 1.40. The topological polar surface area (TPSA) is 96.2 Å². The van der Waals surface area contributed by atoms with E-state index in [-0.39, 0.29) is 19.0 Å². The predicted molar refractivity (Wildman–Crippen MR) is 49.1 cm³/mol. The zero-order valence-corrected chi connectivity index (χ0v) is 8.34. The Bertz CT molecular complexity index is 272. The fourth-order valence-electron chi connectivity index (χ4n) is 1.40. The third-order valence-electron chi connectivity index (χ3n) is 2.24. The summed E-state index contributed by atoms with van der Waals surface area (Å²) in [6.07, 6.45) is -1.13. The maximum Gasteiger partial charge on any atom is 0.226 e. The number of carbonyl (C=O) groups is 1. The average molecular weight is 218 g/mol. The third-order valence-corrected chi connectivity index (χ3v) is 2.24. The van der Waals surface area contributed by atoms with Crippen molar-refractivity contribution in [3.63, 3.8) is 0 Å². The van der Waals surface area contributed by atoms with E-state index >= 15 is 0 Å². The van der Waals surface area contributed by atoms with Crippen molar-refractivity contribution in [3.05, 3.63) is 11.5 Å². The van der Waals surface area contributed by atoms with Crippen LogP contribution >= 0.6 is 0 Å². The van der Waals surface area contributed by atoms with E-state index in [2.05, 4.69) is 0 Å². The molecule has 1 heterocycles. The maximum atomic E-state index is 11.2. The highest BCUT2D eigenvalue weighted by atomic mass is 16.5. The van der Waals surface area contributed by atoms with Gasteiger partial charge in [-0.15, -0.1) is 0 Å². The average Bonchev–Trinajstić information content (AvgIpc) is 2.38. The van der Waals surface area contributed by atoms with Crippen LogP contribution in [0.3, 0.4) is 0 Å². The number of ketones is 1. The maximum absolute atomic E-state index is 11.2. The van der Waals surface area contributed by atoms with E-state index in [1.807, 2.05) is 0 Å². The molecule has 0 saturated carbocycles. The normalized spacial score (nSPS) is 25.0. The summed E-state index contributed by atoms with van der Waals surface area (Å²) in [5, 5.41) is 27.7. The van der Waals surface area contributed by atoms with Crippen LogP contribution < -0.4 is 0 Å². The molecule has 1 aliphatic heterocycles. The molecule has 2 unspecified atom stereocenters. The Morgan fingerprint density at radius 1 is 1.67 bits per heavy atom. The summed E-state index contributed by atoms with van der Waals surface area (Å²) in [5.41, 5.74) is 0. The van der Waals surface area contributed by atoms with Crippen molar-refractivity contribution in [2.45, 2.75) is 6.10 Å². The van der Waals surface area contributed by atoms with Crippen molar-refractivity contribution in [2.75, 3.05) is 26.9 Å². The van der Waals surface area contributed by atoms with Crippen molar-refractivity contribution in [1.82, 2.24) is 0 Å². The van der Waals surface area contributed by atoms with E-state index in [1.165, 1.54) is 7.11 Å². The molecule has 0 bridgehead atoms. The molecule has 86 valence electrons. The Kier molecular flexibility index (Phi) is 4.07. The molecular weight excluding hydrogens is 204 g/mol. The fraction of sp³-hybridized carbons (Fsp3) is 0.667. The van der Waals surface area contributed by atoms with Crippen LogP contribution in [0.25, 0.3) is 0 Å². The molecule has 2 atom stereocenters. The Morgan fingerprint density at radius 3 is 2.87 bits per heavy atom. The quantitative estimate of drug-likeness (QED) is 0.560. The summed E-state index contributed by atoms with van der Waals surface area (Å²) in [6, 6.07) is 0. The largest absolute Gasteiger partial charge is 0.502 e. The van der Waals surface area contributed by atoms with Gasteiger partial charge >= 0.3 is 0 Å². The molecule has 0 saturated heterocycles. The van der Waals surface area contributed by atoms with Crippen LogP contribution in [-0.4, -0.2) is 54.1 Å². The van der Waals surface area contributed by atoms with Crippen LogP contribution in [0.1, 0.15) is 0 Å².